The standard InChI is InChI=1S/C14H7Br2F2N3O3/c15-13-11-7-9(21(22)23)3-6-12(11)20(19-13)8-1-4-10(5-2-8)24-14(16,17)18/h1-7H. The van der Waals surface area contributed by atoms with Crippen LogP contribution < -0.4 is 4.74 Å². The van der Waals surface area contributed by atoms with Crippen LogP contribution in [0.15, 0.2) is 47.1 Å². The Bertz CT molecular complexity index is 923. The third-order valence-corrected chi connectivity index (χ3v) is 3.89. The minimum Gasteiger partial charge on any atom is -0.424 e. The number of nitro groups is 1. The molecule has 6 nitrogen and oxygen atoms in total. The van der Waals surface area contributed by atoms with Gasteiger partial charge in [-0.25, -0.2) is 4.68 Å². The summed E-state index contributed by atoms with van der Waals surface area (Å²) in [6.07, 6.45) is 0. The van der Waals surface area contributed by atoms with Crippen LogP contribution in [-0.4, -0.2) is 19.7 Å². The van der Waals surface area contributed by atoms with Crippen LogP contribution in [0.4, 0.5) is 14.5 Å². The highest BCUT2D eigenvalue weighted by molar-refractivity contribution is 9.10. The third-order valence-electron chi connectivity index (χ3n) is 3.14. The lowest BCUT2D eigenvalue weighted by Gasteiger charge is -2.11. The Morgan fingerprint density at radius 1 is 1.21 bits per heavy atom. The maximum Gasteiger partial charge on any atom is 0.459 e. The van der Waals surface area contributed by atoms with Gasteiger partial charge in [0.1, 0.15) is 10.4 Å². The van der Waals surface area contributed by atoms with Gasteiger partial charge in [-0.1, -0.05) is 0 Å². The maximum absolute atomic E-state index is 12.8. The van der Waals surface area contributed by atoms with Gasteiger partial charge in [-0.05, 0) is 46.3 Å². The van der Waals surface area contributed by atoms with E-state index >= 15 is 0 Å². The minimum atomic E-state index is -3.45. The summed E-state index contributed by atoms with van der Waals surface area (Å²) in [5.74, 6) is -0.0215. The first kappa shape index (κ1) is 16.8. The molecular weight excluding hydrogens is 456 g/mol. The minimum absolute atomic E-state index is 0.0215. The fourth-order valence-corrected chi connectivity index (χ4v) is 2.83. The molecule has 10 heteroatoms. The zero-order chi connectivity index (χ0) is 17.5. The first-order valence-electron chi connectivity index (χ1n) is 6.43. The van der Waals surface area contributed by atoms with E-state index in [0.29, 0.717) is 21.2 Å². The maximum atomic E-state index is 12.8. The smallest absolute Gasteiger partial charge is 0.424 e. The average molecular weight is 463 g/mol. The molecule has 0 aliphatic heterocycles. The highest BCUT2D eigenvalue weighted by atomic mass is 79.9. The van der Waals surface area contributed by atoms with Crippen molar-refractivity contribution < 1.29 is 18.4 Å². The van der Waals surface area contributed by atoms with Crippen molar-refractivity contribution in [3.05, 3.63) is 57.2 Å². The molecule has 0 bridgehead atoms. The van der Waals surface area contributed by atoms with Crippen LogP contribution in [-0.2, 0) is 0 Å². The van der Waals surface area contributed by atoms with Gasteiger partial charge in [-0.15, -0.1) is 0 Å². The molecule has 1 heterocycles. The number of halogens is 4. The predicted octanol–water partition coefficient (Wildman–Crippen LogP) is 5.02. The van der Waals surface area contributed by atoms with Gasteiger partial charge in [-0.2, -0.15) is 13.9 Å². The molecule has 0 fully saturated rings. The molecule has 124 valence electrons. The Kier molecular flexibility index (Phi) is 4.26. The van der Waals surface area contributed by atoms with Crippen LogP contribution >= 0.6 is 31.9 Å². The van der Waals surface area contributed by atoms with E-state index in [-0.39, 0.29) is 11.4 Å². The van der Waals surface area contributed by atoms with Crippen molar-refractivity contribution in [2.45, 2.75) is 5.02 Å². The van der Waals surface area contributed by atoms with Gasteiger partial charge >= 0.3 is 5.02 Å². The average Bonchev–Trinajstić information content (AvgIpc) is 2.83. The second kappa shape index (κ2) is 6.10. The van der Waals surface area contributed by atoms with Crippen molar-refractivity contribution in [3.63, 3.8) is 0 Å². The van der Waals surface area contributed by atoms with Gasteiger partial charge in [0, 0.05) is 33.4 Å². The molecule has 24 heavy (non-hydrogen) atoms. The number of hydrogen-bond donors (Lipinski definition) is 0. The zero-order valence-corrected chi connectivity index (χ0v) is 14.8. The molecule has 3 rings (SSSR count). The molecule has 0 saturated heterocycles. The third kappa shape index (κ3) is 3.39. The SMILES string of the molecule is O=[N+]([O-])c1ccc2c(c1)c(Br)nn2-c1ccc(OC(F)(F)Br)cc1. The van der Waals surface area contributed by atoms with Crippen molar-refractivity contribution in [2.75, 3.05) is 0 Å². The molecule has 0 aliphatic rings. The topological polar surface area (TPSA) is 70.2 Å². The summed E-state index contributed by atoms with van der Waals surface area (Å²) in [6.45, 7) is 0. The van der Waals surface area contributed by atoms with Crippen LogP contribution in [0.1, 0.15) is 0 Å². The van der Waals surface area contributed by atoms with E-state index in [4.69, 9.17) is 0 Å². The Balaban J connectivity index is 2.02. The molecule has 0 amide bonds. The van der Waals surface area contributed by atoms with E-state index in [1.807, 2.05) is 0 Å². The van der Waals surface area contributed by atoms with Crippen LogP contribution in [0.2, 0.25) is 0 Å². The molecular formula is C14H7Br2F2N3O3. The first-order valence-corrected chi connectivity index (χ1v) is 8.02. The number of rotatable bonds is 4. The monoisotopic (exact) mass is 461 g/mol. The molecule has 0 aliphatic carbocycles. The number of nitrogens with zero attached hydrogens (tertiary/aromatic N) is 3. The van der Waals surface area contributed by atoms with E-state index in [9.17, 15) is 18.9 Å². The number of non-ortho nitro benzene ring substituents is 1. The Morgan fingerprint density at radius 3 is 2.46 bits per heavy atom. The van der Waals surface area contributed by atoms with E-state index in [0.717, 1.165) is 0 Å². The molecule has 0 radical (unpaired) electrons. The largest absolute Gasteiger partial charge is 0.459 e. The number of hydrogen-bond acceptors (Lipinski definition) is 4. The molecule has 0 N–H and O–H groups in total. The van der Waals surface area contributed by atoms with Crippen molar-refractivity contribution in [1.82, 2.24) is 9.78 Å². The van der Waals surface area contributed by atoms with Gasteiger partial charge in [0.15, 0.2) is 0 Å². The highest BCUT2D eigenvalue weighted by Gasteiger charge is 2.26. The van der Waals surface area contributed by atoms with Gasteiger partial charge in [0.25, 0.3) is 5.69 Å². The molecule has 0 unspecified atom stereocenters. The van der Waals surface area contributed by atoms with E-state index in [1.54, 1.807) is 22.9 Å². The molecule has 3 aromatic rings. The van der Waals surface area contributed by atoms with Crippen molar-refractivity contribution in [2.24, 2.45) is 0 Å². The summed E-state index contributed by atoms with van der Waals surface area (Å²) >= 11 is 5.37. The number of alkyl halides is 3. The summed E-state index contributed by atoms with van der Waals surface area (Å²) < 4.78 is 31.9. The molecule has 0 atom stereocenters. The summed E-state index contributed by atoms with van der Waals surface area (Å²) in [5, 5.41) is 12.3. The number of aromatic nitrogens is 2. The normalized spacial score (nSPS) is 11.7. The summed E-state index contributed by atoms with van der Waals surface area (Å²) in [4.78, 5) is 10.4. The number of ether oxygens (including phenoxy) is 1. The summed E-state index contributed by atoms with van der Waals surface area (Å²) in [5.41, 5.74) is 1.17. The molecule has 0 saturated carbocycles. The Labute approximate surface area is 150 Å². The van der Waals surface area contributed by atoms with Gasteiger partial charge in [0.05, 0.1) is 16.1 Å². The first-order chi connectivity index (χ1) is 11.2. The molecule has 0 spiro atoms. The number of nitro benzene ring substituents is 1. The second-order valence-electron chi connectivity index (χ2n) is 4.70. The van der Waals surface area contributed by atoms with Gasteiger partial charge in [0.2, 0.25) is 0 Å². The van der Waals surface area contributed by atoms with Crippen LogP contribution in [0.25, 0.3) is 16.6 Å². The van der Waals surface area contributed by atoms with Crippen molar-refractivity contribution in [1.29, 1.82) is 0 Å². The fraction of sp³-hybridized carbons (Fsp3) is 0.0714. The zero-order valence-electron chi connectivity index (χ0n) is 11.6. The van der Waals surface area contributed by atoms with E-state index in [1.165, 1.54) is 24.3 Å². The number of benzene rings is 2. The molecule has 1 aromatic heterocycles. The Hall–Kier alpha value is -2.07. The van der Waals surface area contributed by atoms with E-state index in [2.05, 4.69) is 41.7 Å². The Morgan fingerprint density at radius 2 is 1.88 bits per heavy atom. The van der Waals surface area contributed by atoms with Crippen molar-refractivity contribution in [3.8, 4) is 11.4 Å². The summed E-state index contributed by atoms with van der Waals surface area (Å²) in [7, 11) is 0. The summed E-state index contributed by atoms with van der Waals surface area (Å²) in [6, 6.07) is 10.2. The van der Waals surface area contributed by atoms with Crippen LogP contribution in [0, 0.1) is 10.1 Å². The lowest BCUT2D eigenvalue weighted by atomic mass is 10.2. The van der Waals surface area contributed by atoms with Gasteiger partial charge in [-0.3, -0.25) is 10.1 Å². The lowest BCUT2D eigenvalue weighted by molar-refractivity contribution is -0.384. The quantitative estimate of drug-likeness (QED) is 0.310. The van der Waals surface area contributed by atoms with Gasteiger partial charge < -0.3 is 4.74 Å². The van der Waals surface area contributed by atoms with Crippen molar-refractivity contribution >= 4 is 48.5 Å². The number of fused-ring (bicyclic) bond motifs is 1. The highest BCUT2D eigenvalue weighted by Crippen LogP contribution is 2.31. The fourth-order valence-electron chi connectivity index (χ4n) is 2.17. The van der Waals surface area contributed by atoms with Crippen LogP contribution in [0.5, 0.6) is 5.75 Å². The second-order valence-corrected chi connectivity index (χ2v) is 6.38. The van der Waals surface area contributed by atoms with E-state index < -0.39 is 9.94 Å². The van der Waals surface area contributed by atoms with Crippen LogP contribution in [0.3, 0.4) is 0 Å². The predicted molar refractivity (Wildman–Crippen MR) is 89.9 cm³/mol. The lowest BCUT2D eigenvalue weighted by Crippen LogP contribution is -2.14. The molecule has 2 aromatic carbocycles.